The lowest BCUT2D eigenvalue weighted by atomic mass is 10.1. The average molecular weight is 401 g/mol. The molecule has 0 saturated carbocycles. The van der Waals surface area contributed by atoms with Gasteiger partial charge in [0.15, 0.2) is 0 Å². The first-order valence-corrected chi connectivity index (χ1v) is 10.3. The third-order valence-electron chi connectivity index (χ3n) is 4.39. The molecule has 0 radical (unpaired) electrons. The quantitative estimate of drug-likeness (QED) is 0.424. The van der Waals surface area contributed by atoms with Gasteiger partial charge in [0.25, 0.3) is 5.91 Å². The zero-order valence-electron chi connectivity index (χ0n) is 16.0. The summed E-state index contributed by atoms with van der Waals surface area (Å²) in [6.07, 6.45) is 0. The highest BCUT2D eigenvalue weighted by Gasteiger charge is 2.09. The van der Waals surface area contributed by atoms with E-state index in [1.54, 1.807) is 35.6 Å². The molecule has 1 heterocycles. The molecule has 0 aliphatic carbocycles. The number of thiazole rings is 1. The van der Waals surface area contributed by atoms with E-state index in [1.807, 2.05) is 49.4 Å². The van der Waals surface area contributed by atoms with Gasteiger partial charge >= 0.3 is 0 Å². The number of hydrogen-bond acceptors (Lipinski definition) is 4. The fraction of sp³-hybridized carbons (Fsp3) is 0.0833. The summed E-state index contributed by atoms with van der Waals surface area (Å²) < 4.78 is 5.41. The van der Waals surface area contributed by atoms with Gasteiger partial charge in [0.05, 0.1) is 12.3 Å². The number of amides is 1. The van der Waals surface area contributed by atoms with Crippen LogP contribution in [0.4, 0.5) is 5.69 Å². The van der Waals surface area contributed by atoms with Crippen LogP contribution in [0, 0.1) is 0 Å². The van der Waals surface area contributed by atoms with E-state index in [1.165, 1.54) is 0 Å². The number of carbonyl (C=O) groups is 1. The van der Waals surface area contributed by atoms with Gasteiger partial charge in [-0.15, -0.1) is 11.3 Å². The van der Waals surface area contributed by atoms with Crippen molar-refractivity contribution in [3.8, 4) is 27.6 Å². The van der Waals surface area contributed by atoms with E-state index in [0.717, 1.165) is 33.3 Å². The summed E-state index contributed by atoms with van der Waals surface area (Å²) in [5.41, 5.74) is 4.39. The van der Waals surface area contributed by atoms with Crippen LogP contribution in [0.25, 0.3) is 21.8 Å². The van der Waals surface area contributed by atoms with Gasteiger partial charge in [-0.25, -0.2) is 4.98 Å². The largest absolute Gasteiger partial charge is 0.494 e. The van der Waals surface area contributed by atoms with E-state index >= 15 is 0 Å². The van der Waals surface area contributed by atoms with Crippen molar-refractivity contribution in [2.24, 2.45) is 0 Å². The van der Waals surface area contributed by atoms with Crippen LogP contribution in [0.3, 0.4) is 0 Å². The van der Waals surface area contributed by atoms with Crippen molar-refractivity contribution in [1.29, 1.82) is 0 Å². The summed E-state index contributed by atoms with van der Waals surface area (Å²) in [5, 5.41) is 5.97. The highest BCUT2D eigenvalue weighted by atomic mass is 32.1. The number of anilines is 1. The van der Waals surface area contributed by atoms with Gasteiger partial charge in [-0.3, -0.25) is 4.79 Å². The van der Waals surface area contributed by atoms with Crippen molar-refractivity contribution in [1.82, 2.24) is 4.98 Å². The topological polar surface area (TPSA) is 51.2 Å². The fourth-order valence-electron chi connectivity index (χ4n) is 2.92. The number of rotatable bonds is 6. The Morgan fingerprint density at radius 1 is 0.931 bits per heavy atom. The third-order valence-corrected chi connectivity index (χ3v) is 5.28. The third kappa shape index (κ3) is 4.52. The Balaban J connectivity index is 1.44. The number of hydrogen-bond donors (Lipinski definition) is 1. The molecule has 0 atom stereocenters. The minimum atomic E-state index is -0.152. The van der Waals surface area contributed by atoms with E-state index in [-0.39, 0.29) is 5.91 Å². The lowest BCUT2D eigenvalue weighted by Gasteiger charge is -2.07. The summed E-state index contributed by atoms with van der Waals surface area (Å²) in [6.45, 7) is 2.53. The zero-order valence-corrected chi connectivity index (χ0v) is 16.8. The van der Waals surface area contributed by atoms with Gasteiger partial charge in [-0.1, -0.05) is 42.5 Å². The molecule has 0 saturated heterocycles. The lowest BCUT2D eigenvalue weighted by molar-refractivity contribution is 0.102. The Labute approximate surface area is 173 Å². The van der Waals surface area contributed by atoms with E-state index < -0.39 is 0 Å². The van der Waals surface area contributed by atoms with Crippen molar-refractivity contribution in [2.75, 3.05) is 11.9 Å². The molecule has 3 aromatic carbocycles. The van der Waals surface area contributed by atoms with Gasteiger partial charge in [0, 0.05) is 27.8 Å². The van der Waals surface area contributed by atoms with Crippen molar-refractivity contribution in [3.05, 3.63) is 89.8 Å². The van der Waals surface area contributed by atoms with Crippen molar-refractivity contribution >= 4 is 22.9 Å². The minimum Gasteiger partial charge on any atom is -0.494 e. The molecule has 1 N–H and O–H groups in total. The molecule has 0 unspecified atom stereocenters. The van der Waals surface area contributed by atoms with Crippen LogP contribution in [0.5, 0.6) is 5.75 Å². The van der Waals surface area contributed by atoms with Crippen LogP contribution < -0.4 is 10.1 Å². The Morgan fingerprint density at radius 2 is 1.66 bits per heavy atom. The maximum Gasteiger partial charge on any atom is 0.255 e. The molecule has 0 fully saturated rings. The first kappa shape index (κ1) is 18.9. The number of benzene rings is 3. The second-order valence-electron chi connectivity index (χ2n) is 6.39. The smallest absolute Gasteiger partial charge is 0.255 e. The van der Waals surface area contributed by atoms with Gasteiger partial charge in [-0.05, 0) is 43.3 Å². The SMILES string of the molecule is CCOc1ccc(C(=O)Nc2ccc(-c3csc(-c4ccccc4)n3)cc2)cc1. The minimum absolute atomic E-state index is 0.152. The molecule has 0 aliphatic rings. The molecule has 0 spiro atoms. The van der Waals surface area contributed by atoms with Crippen LogP contribution >= 0.6 is 11.3 Å². The first-order chi connectivity index (χ1) is 14.2. The molecule has 4 rings (SSSR count). The van der Waals surface area contributed by atoms with Crippen LogP contribution in [0.1, 0.15) is 17.3 Å². The summed E-state index contributed by atoms with van der Waals surface area (Å²) in [6, 6.07) is 25.0. The zero-order chi connectivity index (χ0) is 20.1. The normalized spacial score (nSPS) is 10.5. The molecular formula is C24H20N2O2S. The fourth-order valence-corrected chi connectivity index (χ4v) is 3.75. The highest BCUT2D eigenvalue weighted by molar-refractivity contribution is 7.13. The van der Waals surface area contributed by atoms with Gasteiger partial charge in [0.2, 0.25) is 0 Å². The van der Waals surface area contributed by atoms with Crippen molar-refractivity contribution in [3.63, 3.8) is 0 Å². The summed E-state index contributed by atoms with van der Waals surface area (Å²) in [7, 11) is 0. The van der Waals surface area contributed by atoms with Crippen LogP contribution in [-0.2, 0) is 0 Å². The first-order valence-electron chi connectivity index (χ1n) is 9.38. The molecule has 0 aliphatic heterocycles. The Kier molecular flexibility index (Phi) is 5.68. The standard InChI is InChI=1S/C24H20N2O2S/c1-2-28-21-14-10-18(11-15-21)23(27)25-20-12-8-17(9-13-20)22-16-29-24(26-22)19-6-4-3-5-7-19/h3-16H,2H2,1H3,(H,25,27). The predicted molar refractivity (Wildman–Crippen MR) is 119 cm³/mol. The molecule has 144 valence electrons. The number of ether oxygens (including phenoxy) is 1. The van der Waals surface area contributed by atoms with Crippen LogP contribution in [-0.4, -0.2) is 17.5 Å². The molecule has 0 bridgehead atoms. The lowest BCUT2D eigenvalue weighted by Crippen LogP contribution is -2.11. The van der Waals surface area contributed by atoms with E-state index in [4.69, 9.17) is 9.72 Å². The van der Waals surface area contributed by atoms with E-state index in [2.05, 4.69) is 22.8 Å². The van der Waals surface area contributed by atoms with Gasteiger partial charge in [-0.2, -0.15) is 0 Å². The van der Waals surface area contributed by atoms with Crippen molar-refractivity contribution < 1.29 is 9.53 Å². The highest BCUT2D eigenvalue weighted by Crippen LogP contribution is 2.29. The van der Waals surface area contributed by atoms with Crippen LogP contribution in [0.15, 0.2) is 84.2 Å². The Morgan fingerprint density at radius 3 is 2.34 bits per heavy atom. The molecule has 1 amide bonds. The summed E-state index contributed by atoms with van der Waals surface area (Å²) in [4.78, 5) is 17.2. The van der Waals surface area contributed by atoms with Gasteiger partial charge in [0.1, 0.15) is 10.8 Å². The Bertz CT molecular complexity index is 1090. The maximum atomic E-state index is 12.4. The summed E-state index contributed by atoms with van der Waals surface area (Å²) >= 11 is 1.62. The monoisotopic (exact) mass is 400 g/mol. The second kappa shape index (κ2) is 8.71. The second-order valence-corrected chi connectivity index (χ2v) is 7.25. The molecule has 4 aromatic rings. The molecule has 5 heteroatoms. The number of nitrogens with zero attached hydrogens (tertiary/aromatic N) is 1. The van der Waals surface area contributed by atoms with Gasteiger partial charge < -0.3 is 10.1 Å². The molecule has 4 nitrogen and oxygen atoms in total. The average Bonchev–Trinajstić information content (AvgIpc) is 3.26. The maximum absolute atomic E-state index is 12.4. The molecule has 1 aromatic heterocycles. The summed E-state index contributed by atoms with van der Waals surface area (Å²) in [5.74, 6) is 0.604. The number of aromatic nitrogens is 1. The molecule has 29 heavy (non-hydrogen) atoms. The predicted octanol–water partition coefficient (Wildman–Crippen LogP) is 6.13. The van der Waals surface area contributed by atoms with E-state index in [0.29, 0.717) is 12.2 Å². The van der Waals surface area contributed by atoms with Crippen LogP contribution in [0.2, 0.25) is 0 Å². The number of nitrogens with one attached hydrogen (secondary N) is 1. The van der Waals surface area contributed by atoms with Crippen molar-refractivity contribution in [2.45, 2.75) is 6.92 Å². The number of carbonyl (C=O) groups excluding carboxylic acids is 1. The Hall–Kier alpha value is -3.44. The molecular weight excluding hydrogens is 380 g/mol. The van der Waals surface area contributed by atoms with E-state index in [9.17, 15) is 4.79 Å².